The zero-order valence-electron chi connectivity index (χ0n) is 10.3. The number of benzene rings is 2. The maximum absolute atomic E-state index is 13.8. The Morgan fingerprint density at radius 2 is 1.74 bits per heavy atom. The fourth-order valence-corrected chi connectivity index (χ4v) is 2.38. The Labute approximate surface area is 121 Å². The van der Waals surface area contributed by atoms with Crippen LogP contribution in [0, 0.1) is 5.82 Å². The Morgan fingerprint density at radius 1 is 1.05 bits per heavy atom. The molecule has 0 heterocycles. The highest BCUT2D eigenvalue weighted by Gasteiger charge is 2.21. The van der Waals surface area contributed by atoms with Gasteiger partial charge in [-0.05, 0) is 35.4 Å². The molecule has 100 valence electrons. The molecule has 0 saturated carbocycles. The quantitative estimate of drug-likeness (QED) is 0.848. The predicted octanol–water partition coefficient (Wildman–Crippen LogP) is 4.97. The molecule has 0 aliphatic heterocycles. The minimum absolute atomic E-state index is 0.339. The molecule has 0 fully saturated rings. The summed E-state index contributed by atoms with van der Waals surface area (Å²) in [7, 11) is 0. The molecular formula is C15H13Cl2FO. The number of aliphatic hydroxyl groups is 1. The molecule has 2 rings (SSSR count). The molecule has 2 aromatic rings. The fourth-order valence-electron chi connectivity index (χ4n) is 2.02. The molecule has 1 N–H and O–H groups in total. The Morgan fingerprint density at radius 3 is 2.37 bits per heavy atom. The second-order valence-corrected chi connectivity index (χ2v) is 5.33. The van der Waals surface area contributed by atoms with Crippen molar-refractivity contribution < 1.29 is 9.50 Å². The SMILES string of the molecule is C[C@H](c1ccc(Cl)cc1F)[C@H](O)c1cccc(Cl)c1. The normalized spacial score (nSPS) is 14.2. The van der Waals surface area contributed by atoms with Crippen LogP contribution in [-0.2, 0) is 0 Å². The Hall–Kier alpha value is -1.09. The van der Waals surface area contributed by atoms with Crippen LogP contribution in [0.25, 0.3) is 0 Å². The van der Waals surface area contributed by atoms with Crippen molar-refractivity contribution in [1.29, 1.82) is 0 Å². The van der Waals surface area contributed by atoms with Gasteiger partial charge in [0.1, 0.15) is 5.82 Å². The van der Waals surface area contributed by atoms with Crippen LogP contribution in [0.3, 0.4) is 0 Å². The molecule has 0 unspecified atom stereocenters. The largest absolute Gasteiger partial charge is 0.388 e. The summed E-state index contributed by atoms with van der Waals surface area (Å²) in [4.78, 5) is 0. The summed E-state index contributed by atoms with van der Waals surface area (Å²) in [5.41, 5.74) is 1.09. The lowest BCUT2D eigenvalue weighted by Crippen LogP contribution is -2.09. The predicted molar refractivity (Wildman–Crippen MR) is 76.2 cm³/mol. The van der Waals surface area contributed by atoms with E-state index >= 15 is 0 Å². The minimum Gasteiger partial charge on any atom is -0.388 e. The summed E-state index contributed by atoms with van der Waals surface area (Å²) >= 11 is 11.6. The molecule has 0 aliphatic carbocycles. The summed E-state index contributed by atoms with van der Waals surface area (Å²) < 4.78 is 13.8. The lowest BCUT2D eigenvalue weighted by atomic mass is 9.90. The molecule has 1 nitrogen and oxygen atoms in total. The summed E-state index contributed by atoms with van der Waals surface area (Å²) in [6.07, 6.45) is -0.825. The van der Waals surface area contributed by atoms with Gasteiger partial charge in [0, 0.05) is 16.0 Å². The highest BCUT2D eigenvalue weighted by molar-refractivity contribution is 6.30. The molecule has 0 bridgehead atoms. The van der Waals surface area contributed by atoms with E-state index in [1.165, 1.54) is 6.07 Å². The molecule has 0 spiro atoms. The van der Waals surface area contributed by atoms with Gasteiger partial charge < -0.3 is 5.11 Å². The highest BCUT2D eigenvalue weighted by atomic mass is 35.5. The van der Waals surface area contributed by atoms with E-state index < -0.39 is 17.8 Å². The number of hydrogen-bond acceptors (Lipinski definition) is 1. The molecular weight excluding hydrogens is 286 g/mol. The van der Waals surface area contributed by atoms with E-state index in [4.69, 9.17) is 23.2 Å². The van der Waals surface area contributed by atoms with Crippen LogP contribution in [0.5, 0.6) is 0 Å². The summed E-state index contributed by atoms with van der Waals surface area (Å²) in [6, 6.07) is 11.4. The maximum atomic E-state index is 13.8. The number of halogens is 3. The molecule has 0 aromatic heterocycles. The van der Waals surface area contributed by atoms with Crippen LogP contribution in [0.1, 0.15) is 30.1 Å². The second-order valence-electron chi connectivity index (χ2n) is 4.45. The van der Waals surface area contributed by atoms with E-state index in [-0.39, 0.29) is 0 Å². The third kappa shape index (κ3) is 3.27. The third-order valence-electron chi connectivity index (χ3n) is 3.12. The van der Waals surface area contributed by atoms with E-state index in [0.29, 0.717) is 21.2 Å². The van der Waals surface area contributed by atoms with Crippen LogP contribution in [0.4, 0.5) is 4.39 Å². The summed E-state index contributed by atoms with van der Waals surface area (Å²) in [5.74, 6) is -0.809. The zero-order valence-corrected chi connectivity index (χ0v) is 11.8. The van der Waals surface area contributed by atoms with Gasteiger partial charge in [0.15, 0.2) is 0 Å². The molecule has 0 amide bonds. The molecule has 0 aliphatic rings. The van der Waals surface area contributed by atoms with Gasteiger partial charge in [-0.2, -0.15) is 0 Å². The first-order valence-corrected chi connectivity index (χ1v) is 6.63. The maximum Gasteiger partial charge on any atom is 0.128 e. The van der Waals surface area contributed by atoms with Crippen molar-refractivity contribution in [2.45, 2.75) is 18.9 Å². The van der Waals surface area contributed by atoms with Crippen LogP contribution < -0.4 is 0 Å². The van der Waals surface area contributed by atoms with Gasteiger partial charge in [-0.25, -0.2) is 4.39 Å². The van der Waals surface area contributed by atoms with Crippen molar-refractivity contribution in [2.75, 3.05) is 0 Å². The van der Waals surface area contributed by atoms with Gasteiger partial charge in [0.05, 0.1) is 6.10 Å². The number of aliphatic hydroxyl groups excluding tert-OH is 1. The van der Waals surface area contributed by atoms with E-state index in [1.54, 1.807) is 43.3 Å². The topological polar surface area (TPSA) is 20.2 Å². The van der Waals surface area contributed by atoms with Crippen molar-refractivity contribution in [2.24, 2.45) is 0 Å². The zero-order chi connectivity index (χ0) is 14.0. The van der Waals surface area contributed by atoms with Crippen molar-refractivity contribution in [3.8, 4) is 0 Å². The van der Waals surface area contributed by atoms with Gasteiger partial charge >= 0.3 is 0 Å². The summed E-state index contributed by atoms with van der Waals surface area (Å²) in [6.45, 7) is 1.76. The average molecular weight is 299 g/mol. The van der Waals surface area contributed by atoms with Crippen LogP contribution in [-0.4, -0.2) is 5.11 Å². The van der Waals surface area contributed by atoms with Crippen LogP contribution in [0.2, 0.25) is 10.0 Å². The Kier molecular flexibility index (Phi) is 4.46. The van der Waals surface area contributed by atoms with Crippen LogP contribution in [0.15, 0.2) is 42.5 Å². The van der Waals surface area contributed by atoms with Gasteiger partial charge in [-0.1, -0.05) is 48.3 Å². The van der Waals surface area contributed by atoms with Crippen LogP contribution >= 0.6 is 23.2 Å². The van der Waals surface area contributed by atoms with E-state index in [1.807, 2.05) is 0 Å². The van der Waals surface area contributed by atoms with Crippen molar-refractivity contribution >= 4 is 23.2 Å². The first-order valence-electron chi connectivity index (χ1n) is 5.87. The number of hydrogen-bond donors (Lipinski definition) is 1. The standard InChI is InChI=1S/C15H13Cl2FO/c1-9(13-6-5-12(17)8-14(13)18)15(19)10-3-2-4-11(16)7-10/h2-9,15,19H,1H3/t9-,15+/m1/s1. The van der Waals surface area contributed by atoms with Crippen molar-refractivity contribution in [3.63, 3.8) is 0 Å². The van der Waals surface area contributed by atoms with E-state index in [2.05, 4.69) is 0 Å². The summed E-state index contributed by atoms with van der Waals surface area (Å²) in [5, 5.41) is 11.2. The number of rotatable bonds is 3. The van der Waals surface area contributed by atoms with E-state index in [0.717, 1.165) is 0 Å². The first kappa shape index (κ1) is 14.3. The fraction of sp³-hybridized carbons (Fsp3) is 0.200. The van der Waals surface area contributed by atoms with E-state index in [9.17, 15) is 9.50 Å². The molecule has 2 atom stereocenters. The Balaban J connectivity index is 2.30. The van der Waals surface area contributed by atoms with Gasteiger partial charge in [0.2, 0.25) is 0 Å². The smallest absolute Gasteiger partial charge is 0.128 e. The van der Waals surface area contributed by atoms with Gasteiger partial charge in [-0.15, -0.1) is 0 Å². The molecule has 0 radical (unpaired) electrons. The third-order valence-corrected chi connectivity index (χ3v) is 3.59. The van der Waals surface area contributed by atoms with Crippen molar-refractivity contribution in [3.05, 3.63) is 69.5 Å². The van der Waals surface area contributed by atoms with Gasteiger partial charge in [-0.3, -0.25) is 0 Å². The first-order chi connectivity index (χ1) is 8.99. The molecule has 19 heavy (non-hydrogen) atoms. The monoisotopic (exact) mass is 298 g/mol. The lowest BCUT2D eigenvalue weighted by Gasteiger charge is -2.20. The molecule has 0 saturated heterocycles. The average Bonchev–Trinajstić information content (AvgIpc) is 2.37. The second kappa shape index (κ2) is 5.91. The molecule has 4 heteroatoms. The molecule has 2 aromatic carbocycles. The minimum atomic E-state index is -0.825. The van der Waals surface area contributed by atoms with Crippen molar-refractivity contribution in [1.82, 2.24) is 0 Å². The van der Waals surface area contributed by atoms with Gasteiger partial charge in [0.25, 0.3) is 0 Å². The lowest BCUT2D eigenvalue weighted by molar-refractivity contribution is 0.150. The Bertz CT molecular complexity index is 586. The highest BCUT2D eigenvalue weighted by Crippen LogP contribution is 2.33.